The lowest BCUT2D eigenvalue weighted by atomic mass is 9.39. The summed E-state index contributed by atoms with van der Waals surface area (Å²) in [4.78, 5) is 22.7. The molecule has 0 radical (unpaired) electrons. The van der Waals surface area contributed by atoms with Gasteiger partial charge in [0.25, 0.3) is 5.69 Å². The summed E-state index contributed by atoms with van der Waals surface area (Å²) in [5.74, 6) is -0.363. The molecule has 1 aromatic carbocycles. The summed E-state index contributed by atoms with van der Waals surface area (Å²) < 4.78 is 5.85. The summed E-state index contributed by atoms with van der Waals surface area (Å²) in [5, 5.41) is 10.7. The van der Waals surface area contributed by atoms with Crippen LogP contribution in [0.5, 0.6) is 0 Å². The fourth-order valence-corrected chi connectivity index (χ4v) is 5.16. The highest BCUT2D eigenvalue weighted by Gasteiger charge is 2.66. The van der Waals surface area contributed by atoms with Gasteiger partial charge in [-0.15, -0.1) is 0 Å². The maximum Gasteiger partial charge on any atom is 0.338 e. The highest BCUT2D eigenvalue weighted by Crippen LogP contribution is 2.70. The molecular formula is C19H21NO4. The lowest BCUT2D eigenvalue weighted by molar-refractivity contribution is -0.384. The van der Waals surface area contributed by atoms with Gasteiger partial charge in [-0.1, -0.05) is 25.0 Å². The van der Waals surface area contributed by atoms with Gasteiger partial charge in [0, 0.05) is 17.5 Å². The van der Waals surface area contributed by atoms with Crippen molar-refractivity contribution in [2.75, 3.05) is 0 Å². The van der Waals surface area contributed by atoms with Crippen molar-refractivity contribution in [3.05, 3.63) is 52.1 Å². The predicted molar refractivity (Wildman–Crippen MR) is 88.6 cm³/mol. The van der Waals surface area contributed by atoms with Crippen molar-refractivity contribution >= 4 is 11.7 Å². The van der Waals surface area contributed by atoms with Gasteiger partial charge in [-0.2, -0.15) is 0 Å². The Hall–Kier alpha value is -2.17. The summed E-state index contributed by atoms with van der Waals surface area (Å²) in [6, 6.07) is 5.66. The number of nitro benzene ring substituents is 1. The van der Waals surface area contributed by atoms with Crippen LogP contribution in [0.4, 0.5) is 5.69 Å². The number of benzene rings is 1. The Morgan fingerprint density at radius 2 is 1.83 bits per heavy atom. The van der Waals surface area contributed by atoms with Crippen LogP contribution >= 0.6 is 0 Å². The molecule has 0 unspecified atom stereocenters. The molecule has 0 spiro atoms. The summed E-state index contributed by atoms with van der Waals surface area (Å²) >= 11 is 0. The topological polar surface area (TPSA) is 69.4 Å². The smallest absolute Gasteiger partial charge is 0.338 e. The lowest BCUT2D eigenvalue weighted by Gasteiger charge is -2.67. The van der Waals surface area contributed by atoms with E-state index in [0.29, 0.717) is 11.0 Å². The van der Waals surface area contributed by atoms with Crippen LogP contribution in [0.15, 0.2) is 36.4 Å². The standard InChI is InChI=1S/C19H21NO4/c21-17(14-5-7-15(8-6-14)20(22)23)24-16-13-18-9-1-3-11-19(16,18)12-4-2-10-18/h1,3,5-8,16H,2,4,9-13H2/t16-,18+,19-/m1/s1. The molecule has 2 saturated carbocycles. The van der Waals surface area contributed by atoms with Crippen molar-refractivity contribution in [3.8, 4) is 0 Å². The van der Waals surface area contributed by atoms with E-state index < -0.39 is 4.92 Å². The lowest BCUT2D eigenvalue weighted by Crippen LogP contribution is -2.64. The quantitative estimate of drug-likeness (QED) is 0.356. The van der Waals surface area contributed by atoms with E-state index in [1.165, 1.54) is 43.5 Å². The average Bonchev–Trinajstić information content (AvgIpc) is 2.59. The molecule has 3 aliphatic rings. The molecule has 0 aliphatic heterocycles. The highest BCUT2D eigenvalue weighted by atomic mass is 16.6. The number of nitrogens with zero attached hydrogens (tertiary/aromatic N) is 1. The van der Waals surface area contributed by atoms with E-state index >= 15 is 0 Å². The van der Waals surface area contributed by atoms with Crippen molar-refractivity contribution in [1.82, 2.24) is 0 Å². The molecule has 0 N–H and O–H groups in total. The number of nitro groups is 1. The number of allylic oxidation sites excluding steroid dienone is 2. The molecule has 1 aromatic rings. The second-order valence-corrected chi connectivity index (χ2v) is 7.43. The van der Waals surface area contributed by atoms with Crippen LogP contribution < -0.4 is 0 Å². The molecule has 2 fully saturated rings. The number of esters is 1. The monoisotopic (exact) mass is 327 g/mol. The Bertz CT molecular complexity index is 711. The Morgan fingerprint density at radius 1 is 1.12 bits per heavy atom. The molecule has 126 valence electrons. The third-order valence-electron chi connectivity index (χ3n) is 6.50. The van der Waals surface area contributed by atoms with E-state index in [-0.39, 0.29) is 23.2 Å². The van der Waals surface area contributed by atoms with Crippen LogP contribution in [0, 0.1) is 20.9 Å². The van der Waals surface area contributed by atoms with Crippen molar-refractivity contribution in [2.45, 2.75) is 51.0 Å². The van der Waals surface area contributed by atoms with E-state index in [1.54, 1.807) is 0 Å². The molecule has 3 atom stereocenters. The maximum absolute atomic E-state index is 12.5. The second kappa shape index (κ2) is 5.43. The van der Waals surface area contributed by atoms with Gasteiger partial charge in [-0.25, -0.2) is 4.79 Å². The van der Waals surface area contributed by atoms with Gasteiger partial charge in [-0.05, 0) is 49.7 Å². The van der Waals surface area contributed by atoms with Crippen LogP contribution in [-0.2, 0) is 4.74 Å². The fourth-order valence-electron chi connectivity index (χ4n) is 5.16. The van der Waals surface area contributed by atoms with Crippen molar-refractivity contribution in [3.63, 3.8) is 0 Å². The van der Waals surface area contributed by atoms with Gasteiger partial charge in [-0.3, -0.25) is 10.1 Å². The molecule has 0 aromatic heterocycles. The normalized spacial score (nSPS) is 33.8. The van der Waals surface area contributed by atoms with Crippen LogP contribution in [0.3, 0.4) is 0 Å². The predicted octanol–water partition coefficient (Wildman–Crippen LogP) is 4.42. The van der Waals surface area contributed by atoms with Gasteiger partial charge < -0.3 is 4.74 Å². The zero-order valence-corrected chi connectivity index (χ0v) is 13.6. The third kappa shape index (κ3) is 2.10. The highest BCUT2D eigenvalue weighted by molar-refractivity contribution is 5.89. The van der Waals surface area contributed by atoms with E-state index in [0.717, 1.165) is 25.7 Å². The van der Waals surface area contributed by atoms with Crippen LogP contribution in [0.25, 0.3) is 0 Å². The Balaban J connectivity index is 1.50. The minimum atomic E-state index is -0.468. The summed E-state index contributed by atoms with van der Waals surface area (Å²) in [6.45, 7) is 0. The molecule has 5 heteroatoms. The first kappa shape index (κ1) is 15.4. The van der Waals surface area contributed by atoms with Crippen molar-refractivity contribution in [1.29, 1.82) is 0 Å². The van der Waals surface area contributed by atoms with Crippen molar-refractivity contribution in [2.24, 2.45) is 10.8 Å². The number of carbonyl (C=O) groups is 1. The molecule has 24 heavy (non-hydrogen) atoms. The molecule has 5 nitrogen and oxygen atoms in total. The zero-order chi connectivity index (χ0) is 16.8. The first-order valence-electron chi connectivity index (χ1n) is 8.67. The first-order chi connectivity index (χ1) is 11.6. The minimum absolute atomic E-state index is 0.0162. The van der Waals surface area contributed by atoms with Gasteiger partial charge >= 0.3 is 5.97 Å². The molecule has 0 saturated heterocycles. The van der Waals surface area contributed by atoms with Crippen molar-refractivity contribution < 1.29 is 14.5 Å². The van der Waals surface area contributed by atoms with Gasteiger partial charge in [0.15, 0.2) is 0 Å². The minimum Gasteiger partial charge on any atom is -0.458 e. The molecule has 4 rings (SSSR count). The van der Waals surface area contributed by atoms with Gasteiger partial charge in [0.1, 0.15) is 6.10 Å². The van der Waals surface area contributed by atoms with E-state index in [4.69, 9.17) is 4.74 Å². The molecular weight excluding hydrogens is 306 g/mol. The third-order valence-corrected chi connectivity index (χ3v) is 6.50. The van der Waals surface area contributed by atoms with Gasteiger partial charge in [0.2, 0.25) is 0 Å². The Labute approximate surface area is 140 Å². The largest absolute Gasteiger partial charge is 0.458 e. The van der Waals surface area contributed by atoms with E-state index in [1.807, 2.05) is 0 Å². The van der Waals surface area contributed by atoms with Gasteiger partial charge in [0.05, 0.1) is 10.5 Å². The summed E-state index contributed by atoms with van der Waals surface area (Å²) in [7, 11) is 0. The zero-order valence-electron chi connectivity index (χ0n) is 13.6. The maximum atomic E-state index is 12.5. The molecule has 3 aliphatic carbocycles. The van der Waals surface area contributed by atoms with E-state index in [9.17, 15) is 14.9 Å². The number of hydrogen-bond acceptors (Lipinski definition) is 4. The molecule has 0 bridgehead atoms. The number of non-ortho nitro benzene ring substituents is 1. The number of rotatable bonds is 3. The average molecular weight is 327 g/mol. The van der Waals surface area contributed by atoms with E-state index in [2.05, 4.69) is 12.2 Å². The molecule has 0 heterocycles. The number of hydrogen-bond donors (Lipinski definition) is 0. The fraction of sp³-hybridized carbons (Fsp3) is 0.526. The Kier molecular flexibility index (Phi) is 3.48. The van der Waals surface area contributed by atoms with Crippen LogP contribution in [0.1, 0.15) is 55.3 Å². The van der Waals surface area contributed by atoms with Crippen LogP contribution in [-0.4, -0.2) is 17.0 Å². The first-order valence-corrected chi connectivity index (χ1v) is 8.67. The summed E-state index contributed by atoms with van der Waals surface area (Å²) in [6.07, 6.45) is 12.4. The number of carbonyl (C=O) groups excluding carboxylic acids is 1. The second-order valence-electron chi connectivity index (χ2n) is 7.43. The summed E-state index contributed by atoms with van der Waals surface area (Å²) in [5.41, 5.74) is 0.825. The Morgan fingerprint density at radius 3 is 2.58 bits per heavy atom. The van der Waals surface area contributed by atoms with Crippen LogP contribution in [0.2, 0.25) is 0 Å². The SMILES string of the molecule is O=C(O[C@@H]1C[C@@]23CC=CC[C@@]12CCCC3)c1ccc([N+](=O)[O-])cc1. The molecule has 0 amide bonds. The number of ether oxygens (including phenoxy) is 1.